The van der Waals surface area contributed by atoms with Crippen LogP contribution in [0.25, 0.3) is 0 Å². The van der Waals surface area contributed by atoms with E-state index in [0.717, 1.165) is 11.8 Å². The SMILES string of the molecule is CC(C)C(CCBr)NC(=O)c1cc(F)ccc1Br. The lowest BCUT2D eigenvalue weighted by Gasteiger charge is -2.21. The van der Waals surface area contributed by atoms with Crippen molar-refractivity contribution < 1.29 is 9.18 Å². The topological polar surface area (TPSA) is 29.1 Å². The van der Waals surface area contributed by atoms with Gasteiger partial charge in [-0.1, -0.05) is 29.8 Å². The van der Waals surface area contributed by atoms with Crippen molar-refractivity contribution >= 4 is 37.8 Å². The monoisotopic (exact) mass is 379 g/mol. The third-order valence-electron chi connectivity index (χ3n) is 2.71. The smallest absolute Gasteiger partial charge is 0.252 e. The zero-order valence-electron chi connectivity index (χ0n) is 10.3. The van der Waals surface area contributed by atoms with Crippen LogP contribution in [0, 0.1) is 11.7 Å². The van der Waals surface area contributed by atoms with Crippen LogP contribution in [0.2, 0.25) is 0 Å². The van der Waals surface area contributed by atoms with Crippen LogP contribution >= 0.6 is 31.9 Å². The molecule has 0 aliphatic heterocycles. The Morgan fingerprint density at radius 1 is 1.44 bits per heavy atom. The molecule has 0 saturated heterocycles. The van der Waals surface area contributed by atoms with E-state index < -0.39 is 5.82 Å². The third-order valence-corrected chi connectivity index (χ3v) is 3.86. The molecule has 1 aromatic carbocycles. The molecule has 0 saturated carbocycles. The summed E-state index contributed by atoms with van der Waals surface area (Å²) >= 11 is 6.63. The summed E-state index contributed by atoms with van der Waals surface area (Å²) in [5, 5.41) is 3.76. The van der Waals surface area contributed by atoms with Gasteiger partial charge in [-0.25, -0.2) is 4.39 Å². The molecule has 18 heavy (non-hydrogen) atoms. The van der Waals surface area contributed by atoms with Crippen LogP contribution in [0.1, 0.15) is 30.6 Å². The Balaban J connectivity index is 2.83. The molecule has 1 rings (SSSR count). The first kappa shape index (κ1) is 15.6. The van der Waals surface area contributed by atoms with Crippen LogP contribution in [0.5, 0.6) is 0 Å². The molecule has 1 amide bonds. The minimum atomic E-state index is -0.412. The Morgan fingerprint density at radius 3 is 2.67 bits per heavy atom. The van der Waals surface area contributed by atoms with Crippen molar-refractivity contribution in [3.63, 3.8) is 0 Å². The first-order chi connectivity index (χ1) is 8.45. The minimum Gasteiger partial charge on any atom is -0.349 e. The maximum Gasteiger partial charge on any atom is 0.252 e. The number of rotatable bonds is 5. The summed E-state index contributed by atoms with van der Waals surface area (Å²) in [6.07, 6.45) is 0.844. The molecule has 0 fully saturated rings. The van der Waals surface area contributed by atoms with Crippen LogP contribution in [0.3, 0.4) is 0 Å². The molecule has 0 radical (unpaired) electrons. The Labute approximate surface area is 124 Å². The highest BCUT2D eigenvalue weighted by Gasteiger charge is 2.18. The molecule has 0 aliphatic rings. The lowest BCUT2D eigenvalue weighted by atomic mass is 10.0. The molecule has 100 valence electrons. The summed E-state index contributed by atoms with van der Waals surface area (Å²) in [7, 11) is 0. The largest absolute Gasteiger partial charge is 0.349 e. The number of carbonyl (C=O) groups is 1. The summed E-state index contributed by atoms with van der Waals surface area (Å²) in [5.74, 6) is -0.329. The van der Waals surface area contributed by atoms with Gasteiger partial charge in [0.15, 0.2) is 0 Å². The van der Waals surface area contributed by atoms with Gasteiger partial charge >= 0.3 is 0 Å². The van der Waals surface area contributed by atoms with Crippen molar-refractivity contribution in [1.29, 1.82) is 0 Å². The minimum absolute atomic E-state index is 0.0760. The average Bonchev–Trinajstić information content (AvgIpc) is 2.31. The van der Waals surface area contributed by atoms with Crippen LogP contribution < -0.4 is 5.32 Å². The van der Waals surface area contributed by atoms with Crippen LogP contribution in [-0.2, 0) is 0 Å². The van der Waals surface area contributed by atoms with Gasteiger partial charge in [-0.3, -0.25) is 4.79 Å². The Morgan fingerprint density at radius 2 is 2.11 bits per heavy atom. The van der Waals surface area contributed by atoms with Gasteiger partial charge in [-0.15, -0.1) is 0 Å². The molecule has 1 N–H and O–H groups in total. The fourth-order valence-electron chi connectivity index (χ4n) is 1.61. The zero-order chi connectivity index (χ0) is 13.7. The number of carbonyl (C=O) groups excluding carboxylic acids is 1. The number of nitrogens with one attached hydrogen (secondary N) is 1. The second kappa shape index (κ2) is 7.24. The molecule has 0 bridgehead atoms. The van der Waals surface area contributed by atoms with E-state index in [1.165, 1.54) is 12.1 Å². The fourth-order valence-corrected chi connectivity index (χ4v) is 2.53. The number of benzene rings is 1. The standard InChI is InChI=1S/C13H16Br2FNO/c1-8(2)12(5-6-14)17-13(18)10-7-9(16)3-4-11(10)15/h3-4,7-8,12H,5-6H2,1-2H3,(H,17,18). The molecule has 2 nitrogen and oxygen atoms in total. The highest BCUT2D eigenvalue weighted by Crippen LogP contribution is 2.18. The van der Waals surface area contributed by atoms with E-state index in [9.17, 15) is 9.18 Å². The molecule has 1 unspecified atom stereocenters. The van der Waals surface area contributed by atoms with Crippen molar-refractivity contribution in [2.75, 3.05) is 5.33 Å². The fraction of sp³-hybridized carbons (Fsp3) is 0.462. The average molecular weight is 381 g/mol. The van der Waals surface area contributed by atoms with Gasteiger partial charge in [0.25, 0.3) is 5.91 Å². The van der Waals surface area contributed by atoms with E-state index in [0.29, 0.717) is 16.0 Å². The van der Waals surface area contributed by atoms with Gasteiger partial charge in [-0.2, -0.15) is 0 Å². The van der Waals surface area contributed by atoms with Crippen molar-refractivity contribution in [3.05, 3.63) is 34.1 Å². The van der Waals surface area contributed by atoms with Gasteiger partial charge in [0.1, 0.15) is 5.82 Å². The number of hydrogen-bond acceptors (Lipinski definition) is 1. The molecule has 5 heteroatoms. The van der Waals surface area contributed by atoms with Crippen LogP contribution in [-0.4, -0.2) is 17.3 Å². The number of halogens is 3. The molecule has 0 aromatic heterocycles. The summed E-state index contributed by atoms with van der Waals surface area (Å²) in [6, 6.07) is 4.18. The Kier molecular flexibility index (Phi) is 6.29. The van der Waals surface area contributed by atoms with E-state index >= 15 is 0 Å². The second-order valence-electron chi connectivity index (χ2n) is 4.43. The molecule has 0 spiro atoms. The summed E-state index contributed by atoms with van der Waals surface area (Å²) in [5.41, 5.74) is 0.329. The zero-order valence-corrected chi connectivity index (χ0v) is 13.5. The van der Waals surface area contributed by atoms with E-state index in [1.807, 2.05) is 13.8 Å². The quantitative estimate of drug-likeness (QED) is 0.764. The molecule has 1 atom stereocenters. The lowest BCUT2D eigenvalue weighted by Crippen LogP contribution is -2.39. The molecular formula is C13H16Br2FNO. The predicted octanol–water partition coefficient (Wildman–Crippen LogP) is 4.13. The number of alkyl halides is 1. The highest BCUT2D eigenvalue weighted by atomic mass is 79.9. The van der Waals surface area contributed by atoms with Crippen molar-refractivity contribution in [2.45, 2.75) is 26.3 Å². The summed E-state index contributed by atoms with van der Waals surface area (Å²) in [4.78, 5) is 12.1. The first-order valence-corrected chi connectivity index (χ1v) is 7.69. The van der Waals surface area contributed by atoms with Gasteiger partial charge in [0.05, 0.1) is 5.56 Å². The van der Waals surface area contributed by atoms with Crippen molar-refractivity contribution in [1.82, 2.24) is 5.32 Å². The molecule has 0 heterocycles. The predicted molar refractivity (Wildman–Crippen MR) is 78.6 cm³/mol. The Hall–Kier alpha value is -0.420. The van der Waals surface area contributed by atoms with Crippen LogP contribution in [0.15, 0.2) is 22.7 Å². The van der Waals surface area contributed by atoms with E-state index in [1.54, 1.807) is 6.07 Å². The normalized spacial score (nSPS) is 12.6. The summed E-state index contributed by atoms with van der Waals surface area (Å²) in [6.45, 7) is 4.10. The molecular weight excluding hydrogens is 365 g/mol. The Bertz CT molecular complexity index is 423. The molecule has 1 aromatic rings. The first-order valence-electron chi connectivity index (χ1n) is 5.77. The van der Waals surface area contributed by atoms with Gasteiger partial charge in [0.2, 0.25) is 0 Å². The second-order valence-corrected chi connectivity index (χ2v) is 6.07. The summed E-state index contributed by atoms with van der Waals surface area (Å²) < 4.78 is 13.7. The van der Waals surface area contributed by atoms with E-state index in [2.05, 4.69) is 37.2 Å². The number of amides is 1. The van der Waals surface area contributed by atoms with Gasteiger partial charge < -0.3 is 5.32 Å². The van der Waals surface area contributed by atoms with E-state index in [-0.39, 0.29) is 11.9 Å². The maximum atomic E-state index is 13.1. The maximum absolute atomic E-state index is 13.1. The van der Waals surface area contributed by atoms with Gasteiger partial charge in [-0.05, 0) is 46.5 Å². The molecule has 0 aliphatic carbocycles. The highest BCUT2D eigenvalue weighted by molar-refractivity contribution is 9.10. The number of hydrogen-bond donors (Lipinski definition) is 1. The van der Waals surface area contributed by atoms with Crippen molar-refractivity contribution in [2.24, 2.45) is 5.92 Å². The van der Waals surface area contributed by atoms with Gasteiger partial charge in [0, 0.05) is 15.8 Å². The van der Waals surface area contributed by atoms with Crippen molar-refractivity contribution in [3.8, 4) is 0 Å². The van der Waals surface area contributed by atoms with Crippen LogP contribution in [0.4, 0.5) is 4.39 Å². The lowest BCUT2D eigenvalue weighted by molar-refractivity contribution is 0.0924. The van der Waals surface area contributed by atoms with E-state index in [4.69, 9.17) is 0 Å². The third kappa shape index (κ3) is 4.35.